The lowest BCUT2D eigenvalue weighted by Gasteiger charge is -2.36. The number of carbonyl (C=O) groups excluding carboxylic acids is 1. The Balaban J connectivity index is 1.80. The Morgan fingerprint density at radius 1 is 1.00 bits per heavy atom. The molecule has 0 radical (unpaired) electrons. The lowest BCUT2D eigenvalue weighted by atomic mass is 9.92. The van der Waals surface area contributed by atoms with Crippen LogP contribution >= 0.6 is 11.3 Å². The summed E-state index contributed by atoms with van der Waals surface area (Å²) in [5.41, 5.74) is 2.94. The molecule has 1 amide bonds. The molecule has 0 saturated carbocycles. The molecule has 2 aromatic carbocycles. The molecule has 2 heterocycles. The van der Waals surface area contributed by atoms with E-state index >= 15 is 0 Å². The molecule has 0 saturated heterocycles. The quantitative estimate of drug-likeness (QED) is 0.597. The van der Waals surface area contributed by atoms with E-state index in [2.05, 4.69) is 25.1 Å². The molecule has 3 aromatic rings. The highest BCUT2D eigenvalue weighted by Crippen LogP contribution is 2.39. The van der Waals surface area contributed by atoms with Crippen LogP contribution in [-0.2, 0) is 12.8 Å². The van der Waals surface area contributed by atoms with Crippen LogP contribution in [0.4, 0.5) is 5.69 Å². The molecule has 1 aliphatic rings. The molecule has 0 N–H and O–H groups in total. The van der Waals surface area contributed by atoms with Crippen molar-refractivity contribution in [3.63, 3.8) is 0 Å². The number of hydrogen-bond donors (Lipinski definition) is 0. The topological polar surface area (TPSA) is 20.3 Å². The van der Waals surface area contributed by atoms with Crippen molar-refractivity contribution in [3.05, 3.63) is 87.6 Å². The SMILES string of the molecule is CCCc1ccc(C2Cc3ccccc3C(=O)N2c2ccccc2)s1. The predicted molar refractivity (Wildman–Crippen MR) is 104 cm³/mol. The highest BCUT2D eigenvalue weighted by atomic mass is 32.1. The summed E-state index contributed by atoms with van der Waals surface area (Å²) in [7, 11) is 0. The molecule has 2 nitrogen and oxygen atoms in total. The second kappa shape index (κ2) is 6.85. The molecule has 126 valence electrons. The van der Waals surface area contributed by atoms with Gasteiger partial charge in [-0.05, 0) is 48.7 Å². The van der Waals surface area contributed by atoms with Gasteiger partial charge in [-0.2, -0.15) is 0 Å². The normalized spacial score (nSPS) is 16.8. The van der Waals surface area contributed by atoms with Gasteiger partial charge in [0.25, 0.3) is 5.91 Å². The highest BCUT2D eigenvalue weighted by molar-refractivity contribution is 7.12. The van der Waals surface area contributed by atoms with E-state index in [0.717, 1.165) is 36.1 Å². The van der Waals surface area contributed by atoms with E-state index in [1.54, 1.807) is 0 Å². The van der Waals surface area contributed by atoms with Gasteiger partial charge in [0, 0.05) is 21.0 Å². The Bertz CT molecular complexity index is 884. The first-order valence-electron chi connectivity index (χ1n) is 8.83. The number of amides is 1. The van der Waals surface area contributed by atoms with Gasteiger partial charge < -0.3 is 0 Å². The summed E-state index contributed by atoms with van der Waals surface area (Å²) < 4.78 is 0. The molecule has 0 aliphatic carbocycles. The van der Waals surface area contributed by atoms with Gasteiger partial charge in [-0.25, -0.2) is 0 Å². The number of nitrogens with zero attached hydrogens (tertiary/aromatic N) is 1. The number of carbonyl (C=O) groups is 1. The standard InChI is InChI=1S/C22H21NOS/c1-2-8-18-13-14-21(25-18)20-15-16-9-6-7-12-19(16)22(24)23(20)17-10-4-3-5-11-17/h3-7,9-14,20H,2,8,15H2,1H3. The summed E-state index contributed by atoms with van der Waals surface area (Å²) in [6.07, 6.45) is 3.12. The maximum atomic E-state index is 13.3. The van der Waals surface area contributed by atoms with Crippen LogP contribution in [0.1, 0.15) is 45.1 Å². The van der Waals surface area contributed by atoms with Crippen LogP contribution in [0.25, 0.3) is 0 Å². The fraction of sp³-hybridized carbons (Fsp3) is 0.227. The lowest BCUT2D eigenvalue weighted by Crippen LogP contribution is -2.40. The Labute approximate surface area is 152 Å². The van der Waals surface area contributed by atoms with E-state index in [0.29, 0.717) is 0 Å². The number of para-hydroxylation sites is 1. The Morgan fingerprint density at radius 2 is 1.76 bits per heavy atom. The summed E-state index contributed by atoms with van der Waals surface area (Å²) in [5, 5.41) is 0. The second-order valence-electron chi connectivity index (χ2n) is 6.44. The largest absolute Gasteiger partial charge is 0.300 e. The molecular formula is C22H21NOS. The van der Waals surface area contributed by atoms with E-state index in [1.807, 2.05) is 64.8 Å². The maximum absolute atomic E-state index is 13.3. The van der Waals surface area contributed by atoms with Crippen LogP contribution in [0.2, 0.25) is 0 Å². The van der Waals surface area contributed by atoms with Crippen molar-refractivity contribution in [1.29, 1.82) is 0 Å². The Hall–Kier alpha value is -2.39. The number of anilines is 1. The summed E-state index contributed by atoms with van der Waals surface area (Å²) >= 11 is 1.85. The number of aryl methyl sites for hydroxylation is 1. The predicted octanol–water partition coefficient (Wildman–Crippen LogP) is 5.64. The van der Waals surface area contributed by atoms with Crippen LogP contribution in [0, 0.1) is 0 Å². The van der Waals surface area contributed by atoms with E-state index in [9.17, 15) is 4.79 Å². The van der Waals surface area contributed by atoms with Crippen LogP contribution in [0.5, 0.6) is 0 Å². The van der Waals surface area contributed by atoms with Gasteiger partial charge in [-0.1, -0.05) is 49.7 Å². The minimum absolute atomic E-state index is 0.0698. The molecule has 3 heteroatoms. The summed E-state index contributed by atoms with van der Waals surface area (Å²) in [5.74, 6) is 0.100. The van der Waals surface area contributed by atoms with Crippen LogP contribution in [-0.4, -0.2) is 5.91 Å². The minimum Gasteiger partial charge on any atom is -0.300 e. The van der Waals surface area contributed by atoms with Crippen molar-refractivity contribution in [3.8, 4) is 0 Å². The maximum Gasteiger partial charge on any atom is 0.259 e. The van der Waals surface area contributed by atoms with Crippen LogP contribution in [0.15, 0.2) is 66.7 Å². The molecule has 0 spiro atoms. The first-order valence-corrected chi connectivity index (χ1v) is 9.64. The van der Waals surface area contributed by atoms with E-state index in [4.69, 9.17) is 0 Å². The van der Waals surface area contributed by atoms with E-state index in [1.165, 1.54) is 9.75 Å². The third-order valence-electron chi connectivity index (χ3n) is 4.73. The van der Waals surface area contributed by atoms with Crippen molar-refractivity contribution in [2.24, 2.45) is 0 Å². The first-order chi connectivity index (χ1) is 12.3. The Kier molecular flexibility index (Phi) is 4.41. The number of fused-ring (bicyclic) bond motifs is 1. The van der Waals surface area contributed by atoms with Crippen molar-refractivity contribution < 1.29 is 4.79 Å². The Morgan fingerprint density at radius 3 is 2.56 bits per heavy atom. The molecule has 1 unspecified atom stereocenters. The molecule has 0 fully saturated rings. The van der Waals surface area contributed by atoms with Gasteiger partial charge in [-0.3, -0.25) is 9.69 Å². The lowest BCUT2D eigenvalue weighted by molar-refractivity contribution is 0.0967. The fourth-order valence-electron chi connectivity index (χ4n) is 3.55. The van der Waals surface area contributed by atoms with Gasteiger partial charge in [0.2, 0.25) is 0 Å². The summed E-state index contributed by atoms with van der Waals surface area (Å²) in [4.78, 5) is 17.9. The summed E-state index contributed by atoms with van der Waals surface area (Å²) in [6.45, 7) is 2.20. The third kappa shape index (κ3) is 3.00. The monoisotopic (exact) mass is 347 g/mol. The van der Waals surface area contributed by atoms with Gasteiger partial charge >= 0.3 is 0 Å². The van der Waals surface area contributed by atoms with Crippen molar-refractivity contribution in [2.75, 3.05) is 4.90 Å². The van der Waals surface area contributed by atoms with Crippen molar-refractivity contribution in [2.45, 2.75) is 32.2 Å². The smallest absolute Gasteiger partial charge is 0.259 e. The minimum atomic E-state index is 0.0698. The van der Waals surface area contributed by atoms with Gasteiger partial charge in [0.05, 0.1) is 6.04 Å². The van der Waals surface area contributed by atoms with Gasteiger partial charge in [0.15, 0.2) is 0 Å². The average molecular weight is 347 g/mol. The molecular weight excluding hydrogens is 326 g/mol. The number of rotatable bonds is 4. The van der Waals surface area contributed by atoms with Crippen molar-refractivity contribution in [1.82, 2.24) is 0 Å². The molecule has 1 aliphatic heterocycles. The van der Waals surface area contributed by atoms with Crippen LogP contribution in [0.3, 0.4) is 0 Å². The zero-order chi connectivity index (χ0) is 17.2. The summed E-state index contributed by atoms with van der Waals surface area (Å²) in [6, 6.07) is 22.5. The van der Waals surface area contributed by atoms with Gasteiger partial charge in [-0.15, -0.1) is 11.3 Å². The molecule has 25 heavy (non-hydrogen) atoms. The first kappa shape index (κ1) is 16.1. The van der Waals surface area contributed by atoms with E-state index < -0.39 is 0 Å². The zero-order valence-corrected chi connectivity index (χ0v) is 15.1. The highest BCUT2D eigenvalue weighted by Gasteiger charge is 2.34. The molecule has 4 rings (SSSR count). The molecule has 1 aromatic heterocycles. The number of benzene rings is 2. The van der Waals surface area contributed by atoms with Crippen LogP contribution < -0.4 is 4.90 Å². The third-order valence-corrected chi connectivity index (χ3v) is 5.98. The zero-order valence-electron chi connectivity index (χ0n) is 14.3. The molecule has 0 bridgehead atoms. The number of thiophene rings is 1. The second-order valence-corrected chi connectivity index (χ2v) is 7.64. The number of hydrogen-bond acceptors (Lipinski definition) is 2. The van der Waals surface area contributed by atoms with Crippen molar-refractivity contribution >= 4 is 22.9 Å². The molecule has 1 atom stereocenters. The fourth-order valence-corrected chi connectivity index (χ4v) is 4.75. The van der Waals surface area contributed by atoms with E-state index in [-0.39, 0.29) is 11.9 Å². The average Bonchev–Trinajstić information content (AvgIpc) is 3.11. The van der Waals surface area contributed by atoms with Gasteiger partial charge in [0.1, 0.15) is 0 Å².